The van der Waals surface area contributed by atoms with Crippen LogP contribution in [0.2, 0.25) is 5.28 Å². The van der Waals surface area contributed by atoms with Gasteiger partial charge in [0.2, 0.25) is 5.28 Å². The Morgan fingerprint density at radius 3 is 2.93 bits per heavy atom. The van der Waals surface area contributed by atoms with E-state index in [1.54, 1.807) is 0 Å². The van der Waals surface area contributed by atoms with E-state index in [0.29, 0.717) is 17.5 Å². The molecule has 4 nitrogen and oxygen atoms in total. The Bertz CT molecular complexity index is 351. The van der Waals surface area contributed by atoms with Gasteiger partial charge in [-0.3, -0.25) is 0 Å². The van der Waals surface area contributed by atoms with Crippen LogP contribution in [0.3, 0.4) is 0 Å². The summed E-state index contributed by atoms with van der Waals surface area (Å²) >= 11 is 5.71. The molecule has 1 atom stereocenters. The third kappa shape index (κ3) is 2.31. The van der Waals surface area contributed by atoms with Crippen molar-refractivity contribution in [1.29, 1.82) is 0 Å². The summed E-state index contributed by atoms with van der Waals surface area (Å²) in [5.74, 6) is 1.38. The Morgan fingerprint density at radius 2 is 2.33 bits per heavy atom. The lowest BCUT2D eigenvalue weighted by atomic mass is 9.80. The van der Waals surface area contributed by atoms with Crippen LogP contribution >= 0.6 is 11.6 Å². The summed E-state index contributed by atoms with van der Waals surface area (Å²) < 4.78 is 0. The molecule has 15 heavy (non-hydrogen) atoms. The molecule has 1 heterocycles. The molecule has 0 spiro atoms. The first kappa shape index (κ1) is 10.5. The third-order valence-corrected chi connectivity index (χ3v) is 3.19. The Kier molecular flexibility index (Phi) is 2.95. The van der Waals surface area contributed by atoms with Crippen molar-refractivity contribution in [2.24, 2.45) is 5.92 Å². The van der Waals surface area contributed by atoms with Crippen molar-refractivity contribution >= 4 is 23.1 Å². The van der Waals surface area contributed by atoms with Crippen LogP contribution in [-0.2, 0) is 0 Å². The molecule has 0 aromatic carbocycles. The topological polar surface area (TPSA) is 63.8 Å². The van der Waals surface area contributed by atoms with Crippen LogP contribution in [-0.4, -0.2) is 16.0 Å². The highest BCUT2D eigenvalue weighted by Gasteiger charge is 2.24. The van der Waals surface area contributed by atoms with Crippen LogP contribution in [0.25, 0.3) is 0 Å². The Hall–Kier alpha value is -1.03. The van der Waals surface area contributed by atoms with Crippen molar-refractivity contribution in [2.45, 2.75) is 32.2 Å². The Labute approximate surface area is 94.2 Å². The summed E-state index contributed by atoms with van der Waals surface area (Å²) in [6, 6.07) is 0.395. The van der Waals surface area contributed by atoms with Gasteiger partial charge in [0.05, 0.1) is 11.9 Å². The van der Waals surface area contributed by atoms with Gasteiger partial charge in [-0.2, -0.15) is 4.98 Å². The highest BCUT2D eigenvalue weighted by atomic mass is 35.5. The van der Waals surface area contributed by atoms with Crippen molar-refractivity contribution in [3.05, 3.63) is 11.5 Å². The standard InChI is InChI=1S/C10H15ClN4/c1-6(7-3-2-4-7)14-9-8(12)5-13-10(11)15-9/h5-7H,2-4,12H2,1H3,(H,13,14,15). The first-order chi connectivity index (χ1) is 7.16. The molecule has 0 saturated heterocycles. The minimum atomic E-state index is 0.229. The molecule has 0 amide bonds. The maximum atomic E-state index is 5.75. The second-order valence-electron chi connectivity index (χ2n) is 4.07. The number of rotatable bonds is 3. The summed E-state index contributed by atoms with van der Waals surface area (Å²) in [6.07, 6.45) is 5.43. The van der Waals surface area contributed by atoms with E-state index in [1.807, 2.05) is 0 Å². The van der Waals surface area contributed by atoms with Crippen LogP contribution in [0, 0.1) is 5.92 Å². The first-order valence-electron chi connectivity index (χ1n) is 5.21. The number of nitrogens with zero attached hydrogens (tertiary/aromatic N) is 2. The predicted molar refractivity (Wildman–Crippen MR) is 61.9 cm³/mol. The van der Waals surface area contributed by atoms with Crippen molar-refractivity contribution in [1.82, 2.24) is 9.97 Å². The maximum Gasteiger partial charge on any atom is 0.224 e. The minimum absolute atomic E-state index is 0.229. The SMILES string of the molecule is CC(Nc1nc(Cl)ncc1N)C1CCC1. The van der Waals surface area contributed by atoms with Crippen LogP contribution in [0.5, 0.6) is 0 Å². The van der Waals surface area contributed by atoms with Crippen molar-refractivity contribution < 1.29 is 0 Å². The van der Waals surface area contributed by atoms with Crippen LogP contribution in [0.4, 0.5) is 11.5 Å². The van der Waals surface area contributed by atoms with E-state index < -0.39 is 0 Å². The molecule has 2 rings (SSSR count). The molecule has 1 unspecified atom stereocenters. The fraction of sp³-hybridized carbons (Fsp3) is 0.600. The van der Waals surface area contributed by atoms with E-state index >= 15 is 0 Å². The van der Waals surface area contributed by atoms with E-state index in [2.05, 4.69) is 22.2 Å². The Balaban J connectivity index is 2.05. The van der Waals surface area contributed by atoms with Gasteiger partial charge in [-0.05, 0) is 37.3 Å². The number of anilines is 2. The summed E-state index contributed by atoms with van der Waals surface area (Å²) in [4.78, 5) is 7.89. The second-order valence-corrected chi connectivity index (χ2v) is 4.41. The van der Waals surface area contributed by atoms with E-state index in [1.165, 1.54) is 25.5 Å². The van der Waals surface area contributed by atoms with Gasteiger partial charge in [-0.25, -0.2) is 4.98 Å². The van der Waals surface area contributed by atoms with E-state index in [9.17, 15) is 0 Å². The number of aromatic nitrogens is 2. The molecule has 1 saturated carbocycles. The number of nitrogens with two attached hydrogens (primary N) is 1. The van der Waals surface area contributed by atoms with Gasteiger partial charge < -0.3 is 11.1 Å². The lowest BCUT2D eigenvalue weighted by Gasteiger charge is -2.32. The van der Waals surface area contributed by atoms with Crippen molar-refractivity contribution in [3.63, 3.8) is 0 Å². The molecule has 82 valence electrons. The second kappa shape index (κ2) is 4.23. The highest BCUT2D eigenvalue weighted by Crippen LogP contribution is 2.31. The van der Waals surface area contributed by atoms with E-state index in [0.717, 1.165) is 5.92 Å². The molecular formula is C10H15ClN4. The predicted octanol–water partition coefficient (Wildman–Crippen LogP) is 2.31. The summed E-state index contributed by atoms with van der Waals surface area (Å²) in [6.45, 7) is 2.15. The normalized spacial score (nSPS) is 18.3. The zero-order valence-electron chi connectivity index (χ0n) is 8.70. The number of nitrogen functional groups attached to an aromatic ring is 1. The average Bonchev–Trinajstić information content (AvgIpc) is 2.08. The monoisotopic (exact) mass is 226 g/mol. The lowest BCUT2D eigenvalue weighted by Crippen LogP contribution is -2.31. The molecule has 0 aliphatic heterocycles. The molecule has 1 aromatic heterocycles. The number of halogens is 1. The quantitative estimate of drug-likeness (QED) is 0.777. The minimum Gasteiger partial charge on any atom is -0.394 e. The summed E-state index contributed by atoms with van der Waals surface area (Å²) in [5.41, 5.74) is 6.30. The largest absolute Gasteiger partial charge is 0.394 e. The highest BCUT2D eigenvalue weighted by molar-refractivity contribution is 6.28. The molecular weight excluding hydrogens is 212 g/mol. The van der Waals surface area contributed by atoms with Gasteiger partial charge in [-0.15, -0.1) is 0 Å². The molecule has 3 N–H and O–H groups in total. The summed E-state index contributed by atoms with van der Waals surface area (Å²) in [7, 11) is 0. The third-order valence-electron chi connectivity index (χ3n) is 3.01. The fourth-order valence-corrected chi connectivity index (χ4v) is 1.89. The van der Waals surface area contributed by atoms with Gasteiger partial charge in [0, 0.05) is 6.04 Å². The number of hydrogen-bond donors (Lipinski definition) is 2. The first-order valence-corrected chi connectivity index (χ1v) is 5.59. The molecule has 5 heteroatoms. The van der Waals surface area contributed by atoms with Gasteiger partial charge in [0.25, 0.3) is 0 Å². The zero-order chi connectivity index (χ0) is 10.8. The Morgan fingerprint density at radius 1 is 1.60 bits per heavy atom. The maximum absolute atomic E-state index is 5.75. The smallest absolute Gasteiger partial charge is 0.224 e. The fourth-order valence-electron chi connectivity index (χ4n) is 1.76. The number of nitrogens with one attached hydrogen (secondary N) is 1. The van der Waals surface area contributed by atoms with E-state index in [4.69, 9.17) is 17.3 Å². The van der Waals surface area contributed by atoms with Gasteiger partial charge >= 0.3 is 0 Å². The molecule has 1 aliphatic carbocycles. The molecule has 1 aliphatic rings. The lowest BCUT2D eigenvalue weighted by molar-refractivity contribution is 0.285. The molecule has 1 aromatic rings. The van der Waals surface area contributed by atoms with Crippen LogP contribution in [0.15, 0.2) is 6.20 Å². The van der Waals surface area contributed by atoms with Crippen LogP contribution < -0.4 is 11.1 Å². The van der Waals surface area contributed by atoms with Gasteiger partial charge in [0.15, 0.2) is 5.82 Å². The van der Waals surface area contributed by atoms with Crippen LogP contribution in [0.1, 0.15) is 26.2 Å². The average molecular weight is 227 g/mol. The van der Waals surface area contributed by atoms with Crippen molar-refractivity contribution in [2.75, 3.05) is 11.1 Å². The number of hydrogen-bond acceptors (Lipinski definition) is 4. The summed E-state index contributed by atoms with van der Waals surface area (Å²) in [5, 5.41) is 3.52. The molecule has 1 fully saturated rings. The van der Waals surface area contributed by atoms with Crippen molar-refractivity contribution in [3.8, 4) is 0 Å². The van der Waals surface area contributed by atoms with E-state index in [-0.39, 0.29) is 5.28 Å². The van der Waals surface area contributed by atoms with Gasteiger partial charge in [-0.1, -0.05) is 6.42 Å². The zero-order valence-corrected chi connectivity index (χ0v) is 9.46. The molecule has 0 radical (unpaired) electrons. The molecule has 0 bridgehead atoms. The van der Waals surface area contributed by atoms with Gasteiger partial charge in [0.1, 0.15) is 0 Å².